The number of nitrogens with zero attached hydrogens (tertiary/aromatic N) is 4. The number of benzene rings is 1. The molecule has 7 nitrogen and oxygen atoms in total. The lowest BCUT2D eigenvalue weighted by Crippen LogP contribution is -2.30. The topological polar surface area (TPSA) is 80.8 Å². The molecule has 0 saturated carbocycles. The minimum atomic E-state index is -0.233. The van der Waals surface area contributed by atoms with Gasteiger partial charge in [0.05, 0.1) is 23.6 Å². The largest absolute Gasteiger partial charge is 0.495 e. The number of ether oxygens (including phenoxy) is 1. The van der Waals surface area contributed by atoms with Crippen molar-refractivity contribution in [3.63, 3.8) is 0 Å². The molecule has 0 aliphatic carbocycles. The summed E-state index contributed by atoms with van der Waals surface area (Å²) in [5, 5.41) is 6.93. The average Bonchev–Trinajstić information content (AvgIpc) is 3.48. The summed E-state index contributed by atoms with van der Waals surface area (Å²) in [7, 11) is 1.54. The summed E-state index contributed by atoms with van der Waals surface area (Å²) in [4.78, 5) is 24.8. The van der Waals surface area contributed by atoms with E-state index in [1.165, 1.54) is 28.0 Å². The van der Waals surface area contributed by atoms with E-state index in [4.69, 9.17) is 20.9 Å². The molecule has 1 aliphatic rings. The third-order valence-electron chi connectivity index (χ3n) is 4.51. The Morgan fingerprint density at radius 3 is 2.75 bits per heavy atom. The smallest absolute Gasteiger partial charge is 0.283 e. The molecule has 0 radical (unpaired) electrons. The first kappa shape index (κ1) is 22.6. The van der Waals surface area contributed by atoms with Crippen molar-refractivity contribution in [2.24, 2.45) is 4.99 Å². The second kappa shape index (κ2) is 9.09. The predicted octanol–water partition coefficient (Wildman–Crippen LogP) is 5.77. The molecule has 32 heavy (non-hydrogen) atoms. The van der Waals surface area contributed by atoms with Crippen LogP contribution < -0.4 is 9.64 Å². The Labute approximate surface area is 199 Å². The Bertz CT molecular complexity index is 1200. The molecule has 1 aromatic carbocycles. The number of halogens is 1. The van der Waals surface area contributed by atoms with Crippen molar-refractivity contribution in [2.45, 2.75) is 31.9 Å². The molecular formula is C22H21ClN4O3S2. The van der Waals surface area contributed by atoms with Crippen molar-refractivity contribution in [1.29, 1.82) is 0 Å². The van der Waals surface area contributed by atoms with Crippen LogP contribution in [0.25, 0.3) is 6.08 Å². The number of aromatic nitrogens is 2. The number of methoxy groups -OCH3 is 1. The number of rotatable bonds is 5. The number of anilines is 1. The van der Waals surface area contributed by atoms with Crippen LogP contribution in [0, 0.1) is 0 Å². The normalized spacial score (nSPS) is 15.5. The van der Waals surface area contributed by atoms with Crippen LogP contribution in [0.15, 0.2) is 50.9 Å². The number of carbonyl (C=O) groups excluding carboxylic acids is 1. The Balaban J connectivity index is 1.64. The number of aliphatic imine (C=N–C) groups is 1. The molecule has 0 N–H and O–H groups in total. The summed E-state index contributed by atoms with van der Waals surface area (Å²) in [6.07, 6.45) is 1.78. The highest BCUT2D eigenvalue weighted by Crippen LogP contribution is 2.35. The predicted molar refractivity (Wildman–Crippen MR) is 130 cm³/mol. The highest BCUT2D eigenvalue weighted by atomic mass is 35.5. The molecule has 166 valence electrons. The van der Waals surface area contributed by atoms with Crippen molar-refractivity contribution in [2.75, 3.05) is 12.0 Å². The molecule has 2 aromatic heterocycles. The molecule has 4 rings (SSSR count). The van der Waals surface area contributed by atoms with Gasteiger partial charge >= 0.3 is 0 Å². The van der Waals surface area contributed by atoms with Gasteiger partial charge in [-0.25, -0.2) is 4.99 Å². The lowest BCUT2D eigenvalue weighted by Gasteiger charge is -2.18. The SMILES string of the molecule is COc1ccc(N2C(=O)/C(=C\c3cccs3)N=C2SCc2nc(C(C)(C)C)no2)cc1Cl. The number of amides is 1. The van der Waals surface area contributed by atoms with Crippen molar-refractivity contribution >= 4 is 57.5 Å². The summed E-state index contributed by atoms with van der Waals surface area (Å²) >= 11 is 9.20. The summed E-state index contributed by atoms with van der Waals surface area (Å²) in [6.45, 7) is 6.06. The summed E-state index contributed by atoms with van der Waals surface area (Å²) in [5.74, 6) is 1.78. The summed E-state index contributed by atoms with van der Waals surface area (Å²) in [6, 6.07) is 9.05. The van der Waals surface area contributed by atoms with Gasteiger partial charge in [0.1, 0.15) is 11.4 Å². The van der Waals surface area contributed by atoms with Crippen molar-refractivity contribution in [3.05, 3.63) is 63.0 Å². The molecule has 0 saturated heterocycles. The summed E-state index contributed by atoms with van der Waals surface area (Å²) < 4.78 is 10.6. The van der Waals surface area contributed by atoms with Crippen LogP contribution in [-0.2, 0) is 16.0 Å². The first-order valence-corrected chi connectivity index (χ1v) is 12.0. The van der Waals surface area contributed by atoms with Gasteiger partial charge in [-0.05, 0) is 35.7 Å². The number of amidine groups is 1. The van der Waals surface area contributed by atoms with Crippen molar-refractivity contribution in [3.8, 4) is 5.75 Å². The maximum atomic E-state index is 13.3. The number of hydrogen-bond donors (Lipinski definition) is 0. The van der Waals surface area contributed by atoms with Crippen LogP contribution in [0.1, 0.15) is 37.4 Å². The average molecular weight is 489 g/mol. The third-order valence-corrected chi connectivity index (χ3v) is 6.55. The van der Waals surface area contributed by atoms with E-state index < -0.39 is 0 Å². The first-order valence-electron chi connectivity index (χ1n) is 9.74. The highest BCUT2D eigenvalue weighted by molar-refractivity contribution is 8.13. The van der Waals surface area contributed by atoms with E-state index in [-0.39, 0.29) is 11.3 Å². The number of thiophene rings is 1. The van der Waals surface area contributed by atoms with Crippen LogP contribution in [0.2, 0.25) is 5.02 Å². The molecule has 3 heterocycles. The molecule has 10 heteroatoms. The van der Waals surface area contributed by atoms with Crippen LogP contribution in [0.5, 0.6) is 5.75 Å². The van der Waals surface area contributed by atoms with E-state index in [0.29, 0.717) is 44.8 Å². The fourth-order valence-corrected chi connectivity index (χ4v) is 4.62. The molecule has 3 aromatic rings. The first-order chi connectivity index (χ1) is 15.3. The maximum Gasteiger partial charge on any atom is 0.283 e. The number of carbonyl (C=O) groups is 1. The monoisotopic (exact) mass is 488 g/mol. The molecule has 0 bridgehead atoms. The Hall–Kier alpha value is -2.62. The lowest BCUT2D eigenvalue weighted by molar-refractivity contribution is -0.113. The van der Waals surface area contributed by atoms with Gasteiger partial charge in [-0.15, -0.1) is 11.3 Å². The van der Waals surface area contributed by atoms with Gasteiger partial charge in [-0.1, -0.05) is 55.4 Å². The third kappa shape index (κ3) is 4.74. The van der Waals surface area contributed by atoms with Crippen LogP contribution in [0.3, 0.4) is 0 Å². The van der Waals surface area contributed by atoms with Crippen LogP contribution in [0.4, 0.5) is 5.69 Å². The fraction of sp³-hybridized carbons (Fsp3) is 0.273. The Morgan fingerprint density at radius 1 is 1.31 bits per heavy atom. The fourth-order valence-electron chi connectivity index (χ4n) is 2.87. The second-order valence-electron chi connectivity index (χ2n) is 7.95. The van der Waals surface area contributed by atoms with Crippen molar-refractivity contribution in [1.82, 2.24) is 10.1 Å². The minimum absolute atomic E-state index is 0.213. The maximum absolute atomic E-state index is 13.3. The van der Waals surface area contributed by atoms with E-state index in [2.05, 4.69) is 15.1 Å². The van der Waals surface area contributed by atoms with Crippen LogP contribution in [-0.4, -0.2) is 28.3 Å². The van der Waals surface area contributed by atoms with Gasteiger partial charge in [0.2, 0.25) is 5.89 Å². The van der Waals surface area contributed by atoms with E-state index in [0.717, 1.165) is 4.88 Å². The number of hydrogen-bond acceptors (Lipinski definition) is 8. The van der Waals surface area contributed by atoms with Gasteiger partial charge in [0.25, 0.3) is 5.91 Å². The molecule has 0 unspecified atom stereocenters. The lowest BCUT2D eigenvalue weighted by atomic mass is 9.96. The standard InChI is InChI=1S/C22H21ClN4O3S2/c1-22(2,3)20-25-18(30-26-20)12-32-21-24-16(11-14-6-5-9-31-14)19(28)27(21)13-7-8-17(29-4)15(23)10-13/h5-11H,12H2,1-4H3/b16-11+. The molecule has 0 fully saturated rings. The molecule has 0 atom stereocenters. The highest BCUT2D eigenvalue weighted by Gasteiger charge is 2.33. The van der Waals surface area contributed by atoms with Gasteiger partial charge < -0.3 is 9.26 Å². The van der Waals surface area contributed by atoms with Gasteiger partial charge in [-0.3, -0.25) is 9.69 Å². The van der Waals surface area contributed by atoms with Gasteiger partial charge in [-0.2, -0.15) is 4.98 Å². The van der Waals surface area contributed by atoms with E-state index in [1.54, 1.807) is 31.4 Å². The Kier molecular flexibility index (Phi) is 6.41. The zero-order chi connectivity index (χ0) is 22.9. The van der Waals surface area contributed by atoms with E-state index >= 15 is 0 Å². The molecule has 0 spiro atoms. The second-order valence-corrected chi connectivity index (χ2v) is 10.3. The zero-order valence-corrected chi connectivity index (χ0v) is 20.3. The van der Waals surface area contributed by atoms with Crippen molar-refractivity contribution < 1.29 is 14.1 Å². The number of thioether (sulfide) groups is 1. The zero-order valence-electron chi connectivity index (χ0n) is 18.0. The van der Waals surface area contributed by atoms with Gasteiger partial charge in [0.15, 0.2) is 11.0 Å². The molecule has 1 amide bonds. The van der Waals surface area contributed by atoms with Crippen LogP contribution >= 0.6 is 34.7 Å². The molecular weight excluding hydrogens is 468 g/mol. The summed E-state index contributed by atoms with van der Waals surface area (Å²) in [5.41, 5.74) is 0.737. The minimum Gasteiger partial charge on any atom is -0.495 e. The molecule has 1 aliphatic heterocycles. The Morgan fingerprint density at radius 2 is 2.12 bits per heavy atom. The van der Waals surface area contributed by atoms with E-state index in [1.807, 2.05) is 38.3 Å². The van der Waals surface area contributed by atoms with E-state index in [9.17, 15) is 4.79 Å². The van der Waals surface area contributed by atoms with Gasteiger partial charge in [0, 0.05) is 10.3 Å². The quantitative estimate of drug-likeness (QED) is 0.424.